The molecule has 1 aliphatic heterocycles. The summed E-state index contributed by atoms with van der Waals surface area (Å²) in [6, 6.07) is 15.0. The number of nitrogens with zero attached hydrogens (tertiary/aromatic N) is 1. The predicted octanol–water partition coefficient (Wildman–Crippen LogP) is 6.18. The van der Waals surface area contributed by atoms with Crippen molar-refractivity contribution in [2.75, 3.05) is 19.0 Å². The molecule has 1 fully saturated rings. The third-order valence-electron chi connectivity index (χ3n) is 5.52. The smallest absolute Gasteiger partial charge is 0.329 e. The molecule has 0 atom stereocenters. The Kier molecular flexibility index (Phi) is 8.61. The first-order chi connectivity index (χ1) is 18.1. The lowest BCUT2D eigenvalue weighted by atomic mass is 10.1. The minimum absolute atomic E-state index is 0.0222. The molecule has 2 N–H and O–H groups in total. The zero-order chi connectivity index (χ0) is 27.4. The van der Waals surface area contributed by atoms with Crippen LogP contribution in [0.2, 0.25) is 10.0 Å². The second kappa shape index (κ2) is 11.9. The van der Waals surface area contributed by atoms with E-state index in [0.717, 1.165) is 16.0 Å². The lowest BCUT2D eigenvalue weighted by Crippen LogP contribution is -2.38. The summed E-state index contributed by atoms with van der Waals surface area (Å²) in [5.74, 6) is -0.298. The van der Waals surface area contributed by atoms with Gasteiger partial charge in [-0.05, 0) is 76.5 Å². The highest BCUT2D eigenvalue weighted by Crippen LogP contribution is 2.38. The molecule has 3 aromatic carbocycles. The van der Waals surface area contributed by atoms with Crippen LogP contribution >= 0.6 is 39.1 Å². The summed E-state index contributed by atoms with van der Waals surface area (Å²) in [4.78, 5) is 38.6. The highest BCUT2D eigenvalue weighted by atomic mass is 79.9. The predicted molar refractivity (Wildman–Crippen MR) is 150 cm³/mol. The molecule has 4 rings (SSSR count). The third kappa shape index (κ3) is 6.48. The van der Waals surface area contributed by atoms with E-state index in [1.807, 2.05) is 13.0 Å². The van der Waals surface area contributed by atoms with Gasteiger partial charge < -0.3 is 20.1 Å². The van der Waals surface area contributed by atoms with Crippen LogP contribution in [0, 0.1) is 6.92 Å². The van der Waals surface area contributed by atoms with Crippen LogP contribution < -0.4 is 20.1 Å². The van der Waals surface area contributed by atoms with Gasteiger partial charge in [0.1, 0.15) is 18.8 Å². The highest BCUT2D eigenvalue weighted by Gasteiger charge is 2.35. The molecule has 0 spiro atoms. The maximum Gasteiger partial charge on any atom is 0.329 e. The van der Waals surface area contributed by atoms with Gasteiger partial charge in [0.05, 0.1) is 11.6 Å². The first-order valence-electron chi connectivity index (χ1n) is 11.3. The molecule has 196 valence electrons. The van der Waals surface area contributed by atoms with Crippen LogP contribution in [0.1, 0.15) is 16.7 Å². The van der Waals surface area contributed by atoms with Crippen molar-refractivity contribution < 1.29 is 23.9 Å². The third-order valence-corrected chi connectivity index (χ3v) is 6.69. The fourth-order valence-corrected chi connectivity index (χ4v) is 4.74. The van der Waals surface area contributed by atoms with E-state index >= 15 is 0 Å². The second-order valence-corrected chi connectivity index (χ2v) is 10.1. The molecular formula is C27H22BrCl2N3O5. The topological polar surface area (TPSA) is 97.0 Å². The van der Waals surface area contributed by atoms with Crippen LogP contribution in [0.5, 0.6) is 11.5 Å². The number of aryl methyl sites for hydroxylation is 1. The normalized spacial score (nSPS) is 14.0. The van der Waals surface area contributed by atoms with Gasteiger partial charge in [-0.3, -0.25) is 9.59 Å². The SMILES string of the molecule is COc1cc(/C=C2/NC(=O)N(CC(=O)Nc3cccc(C)c3)C2=O)cc(Br)c1OCc1ccc(Cl)cc1Cl. The molecule has 0 aromatic heterocycles. The second-order valence-electron chi connectivity index (χ2n) is 8.36. The van der Waals surface area contributed by atoms with E-state index in [0.29, 0.717) is 37.3 Å². The van der Waals surface area contributed by atoms with Crippen molar-refractivity contribution in [2.45, 2.75) is 13.5 Å². The summed E-state index contributed by atoms with van der Waals surface area (Å²) in [5.41, 5.74) is 2.86. The molecule has 38 heavy (non-hydrogen) atoms. The number of nitrogens with one attached hydrogen (secondary N) is 2. The van der Waals surface area contributed by atoms with Crippen LogP contribution in [0.25, 0.3) is 6.08 Å². The molecule has 4 amide bonds. The largest absolute Gasteiger partial charge is 0.493 e. The van der Waals surface area contributed by atoms with Gasteiger partial charge in [0.15, 0.2) is 11.5 Å². The summed E-state index contributed by atoms with van der Waals surface area (Å²) in [6.45, 7) is 1.63. The van der Waals surface area contributed by atoms with E-state index in [2.05, 4.69) is 26.6 Å². The maximum absolute atomic E-state index is 12.9. The van der Waals surface area contributed by atoms with Gasteiger partial charge in [-0.25, -0.2) is 9.69 Å². The number of ether oxygens (including phenoxy) is 2. The minimum atomic E-state index is -0.688. The highest BCUT2D eigenvalue weighted by molar-refractivity contribution is 9.10. The van der Waals surface area contributed by atoms with Crippen molar-refractivity contribution in [3.63, 3.8) is 0 Å². The minimum Gasteiger partial charge on any atom is -0.493 e. The van der Waals surface area contributed by atoms with E-state index in [9.17, 15) is 14.4 Å². The first kappa shape index (κ1) is 27.5. The van der Waals surface area contributed by atoms with Gasteiger partial charge in [0.25, 0.3) is 5.91 Å². The van der Waals surface area contributed by atoms with Crippen LogP contribution in [-0.4, -0.2) is 36.4 Å². The van der Waals surface area contributed by atoms with Crippen LogP contribution in [0.15, 0.2) is 64.8 Å². The van der Waals surface area contributed by atoms with E-state index in [-0.39, 0.29) is 12.3 Å². The van der Waals surface area contributed by atoms with E-state index in [4.69, 9.17) is 32.7 Å². The zero-order valence-electron chi connectivity index (χ0n) is 20.3. The number of imide groups is 1. The molecule has 0 unspecified atom stereocenters. The first-order valence-corrected chi connectivity index (χ1v) is 12.8. The standard InChI is InChI=1S/C27H22BrCl2N3O5/c1-15-4-3-5-19(8-15)31-24(34)13-33-26(35)22(32-27(33)36)10-16-9-20(28)25(23(11-16)37-2)38-14-17-6-7-18(29)12-21(17)30/h3-12H,13-14H2,1-2H3,(H,31,34)(H,32,36)/b22-10+. The fraction of sp³-hybridized carbons (Fsp3) is 0.148. The van der Waals surface area contributed by atoms with Crippen molar-refractivity contribution in [3.05, 3.63) is 91.5 Å². The van der Waals surface area contributed by atoms with Gasteiger partial charge in [0.2, 0.25) is 5.91 Å². The Hall–Kier alpha value is -3.53. The van der Waals surface area contributed by atoms with Crippen molar-refractivity contribution in [1.82, 2.24) is 10.2 Å². The Bertz CT molecular complexity index is 1460. The zero-order valence-corrected chi connectivity index (χ0v) is 23.4. The van der Waals surface area contributed by atoms with Gasteiger partial charge in [0, 0.05) is 21.3 Å². The number of amides is 4. The molecule has 11 heteroatoms. The summed E-state index contributed by atoms with van der Waals surface area (Å²) >= 11 is 15.7. The van der Waals surface area contributed by atoms with Crippen molar-refractivity contribution in [2.24, 2.45) is 0 Å². The summed E-state index contributed by atoms with van der Waals surface area (Å²) in [6.07, 6.45) is 1.49. The van der Waals surface area contributed by atoms with Crippen LogP contribution in [0.3, 0.4) is 0 Å². The van der Waals surface area contributed by atoms with Gasteiger partial charge >= 0.3 is 6.03 Å². The molecule has 0 aliphatic carbocycles. The van der Waals surface area contributed by atoms with Crippen molar-refractivity contribution >= 4 is 68.7 Å². The van der Waals surface area contributed by atoms with Crippen LogP contribution in [-0.2, 0) is 16.2 Å². The number of halogens is 3. The molecule has 0 saturated carbocycles. The maximum atomic E-state index is 12.9. The van der Waals surface area contributed by atoms with Gasteiger partial charge in [-0.15, -0.1) is 0 Å². The van der Waals surface area contributed by atoms with Crippen molar-refractivity contribution in [3.8, 4) is 11.5 Å². The average Bonchev–Trinajstić information content (AvgIpc) is 3.11. The number of rotatable bonds is 8. The molecule has 0 bridgehead atoms. The Morgan fingerprint density at radius 2 is 1.92 bits per heavy atom. The number of urea groups is 1. The molecule has 1 aliphatic rings. The van der Waals surface area contributed by atoms with E-state index < -0.39 is 24.4 Å². The number of carbonyl (C=O) groups excluding carboxylic acids is 3. The fourth-order valence-electron chi connectivity index (χ4n) is 3.70. The van der Waals surface area contributed by atoms with Gasteiger partial charge in [-0.1, -0.05) is 41.4 Å². The Labute approximate surface area is 237 Å². The van der Waals surface area contributed by atoms with Crippen molar-refractivity contribution in [1.29, 1.82) is 0 Å². The van der Waals surface area contributed by atoms with E-state index in [1.165, 1.54) is 13.2 Å². The number of hydrogen-bond donors (Lipinski definition) is 2. The monoisotopic (exact) mass is 617 g/mol. The molecular weight excluding hydrogens is 597 g/mol. The number of benzene rings is 3. The summed E-state index contributed by atoms with van der Waals surface area (Å²) < 4.78 is 12.0. The average molecular weight is 619 g/mol. The molecule has 1 saturated heterocycles. The number of hydrogen-bond acceptors (Lipinski definition) is 5. The Morgan fingerprint density at radius 1 is 1.13 bits per heavy atom. The van der Waals surface area contributed by atoms with E-state index in [1.54, 1.807) is 48.5 Å². The van der Waals surface area contributed by atoms with Crippen LogP contribution in [0.4, 0.5) is 10.5 Å². The summed E-state index contributed by atoms with van der Waals surface area (Å²) in [7, 11) is 1.48. The lowest BCUT2D eigenvalue weighted by Gasteiger charge is -2.14. The molecule has 8 nitrogen and oxygen atoms in total. The summed E-state index contributed by atoms with van der Waals surface area (Å²) in [5, 5.41) is 6.20. The lowest BCUT2D eigenvalue weighted by molar-refractivity contribution is -0.127. The number of carbonyl (C=O) groups is 3. The molecule has 1 heterocycles. The Balaban J connectivity index is 1.47. The van der Waals surface area contributed by atoms with Gasteiger partial charge in [-0.2, -0.15) is 0 Å². The molecule has 0 radical (unpaired) electrons. The quantitative estimate of drug-likeness (QED) is 0.232. The Morgan fingerprint density at radius 3 is 2.63 bits per heavy atom. The number of anilines is 1. The molecule has 3 aromatic rings. The number of methoxy groups -OCH3 is 1.